The molecule has 2 N–H and O–H groups in total. The maximum absolute atomic E-state index is 11.9. The molecule has 6 heteroatoms. The summed E-state index contributed by atoms with van der Waals surface area (Å²) in [7, 11) is 1.74. The third-order valence-electron chi connectivity index (χ3n) is 2.41. The number of hydrogen-bond acceptors (Lipinski definition) is 5. The molecule has 6 nitrogen and oxygen atoms in total. The lowest BCUT2D eigenvalue weighted by atomic mass is 10.2. The zero-order chi connectivity index (χ0) is 13.0. The lowest BCUT2D eigenvalue weighted by Crippen LogP contribution is -2.15. The van der Waals surface area contributed by atoms with Crippen LogP contribution >= 0.6 is 0 Å². The van der Waals surface area contributed by atoms with Gasteiger partial charge in [-0.1, -0.05) is 0 Å². The highest BCUT2D eigenvalue weighted by atomic mass is 16.1. The van der Waals surface area contributed by atoms with Crippen LogP contribution in [-0.4, -0.2) is 27.9 Å². The summed E-state index contributed by atoms with van der Waals surface area (Å²) < 4.78 is 0. The van der Waals surface area contributed by atoms with Gasteiger partial charge in [-0.05, 0) is 18.6 Å². The quantitative estimate of drug-likeness (QED) is 0.853. The zero-order valence-electron chi connectivity index (χ0n) is 10.1. The van der Waals surface area contributed by atoms with Crippen LogP contribution in [0.25, 0.3) is 0 Å². The number of nitrogens with zero attached hydrogens (tertiary/aromatic N) is 3. The number of carbonyl (C=O) groups is 1. The topological polar surface area (TPSA) is 79.8 Å². The summed E-state index contributed by atoms with van der Waals surface area (Å²) in [5.74, 6) is 0.325. The lowest BCUT2D eigenvalue weighted by molar-refractivity contribution is 0.102. The van der Waals surface area contributed by atoms with E-state index in [1.165, 1.54) is 12.4 Å². The standard InChI is InChI=1S/C12H13N5O/c1-8-5-14-4-3-9(8)17-12(18)10-6-16-11(13-2)7-15-10/h3-7H,1-2H3,(H,13,16)(H,14,17,18). The van der Waals surface area contributed by atoms with Crippen molar-refractivity contribution in [3.8, 4) is 0 Å². The van der Waals surface area contributed by atoms with Gasteiger partial charge in [-0.3, -0.25) is 9.78 Å². The Bertz CT molecular complexity index is 553. The number of pyridine rings is 1. The minimum Gasteiger partial charge on any atom is -0.372 e. The van der Waals surface area contributed by atoms with E-state index in [9.17, 15) is 4.79 Å². The molecule has 0 aromatic carbocycles. The van der Waals surface area contributed by atoms with E-state index in [0.29, 0.717) is 5.82 Å². The van der Waals surface area contributed by atoms with Gasteiger partial charge in [-0.15, -0.1) is 0 Å². The monoisotopic (exact) mass is 243 g/mol. The van der Waals surface area contributed by atoms with Crippen LogP contribution in [0.1, 0.15) is 16.1 Å². The second kappa shape index (κ2) is 5.22. The van der Waals surface area contributed by atoms with Crippen molar-refractivity contribution in [2.45, 2.75) is 6.92 Å². The second-order valence-corrected chi connectivity index (χ2v) is 3.68. The van der Waals surface area contributed by atoms with Gasteiger partial charge in [0.2, 0.25) is 0 Å². The molecule has 0 radical (unpaired) electrons. The first-order chi connectivity index (χ1) is 8.70. The van der Waals surface area contributed by atoms with Gasteiger partial charge >= 0.3 is 0 Å². The van der Waals surface area contributed by atoms with Gasteiger partial charge in [-0.25, -0.2) is 9.97 Å². The molecule has 2 aromatic rings. The second-order valence-electron chi connectivity index (χ2n) is 3.68. The number of rotatable bonds is 3. The molecular weight excluding hydrogens is 230 g/mol. The molecule has 2 heterocycles. The van der Waals surface area contributed by atoms with Crippen molar-refractivity contribution < 1.29 is 4.79 Å². The largest absolute Gasteiger partial charge is 0.372 e. The first-order valence-electron chi connectivity index (χ1n) is 5.42. The summed E-state index contributed by atoms with van der Waals surface area (Å²) in [6, 6.07) is 1.74. The maximum Gasteiger partial charge on any atom is 0.275 e. The van der Waals surface area contributed by atoms with E-state index in [0.717, 1.165) is 11.3 Å². The summed E-state index contributed by atoms with van der Waals surface area (Å²) in [4.78, 5) is 23.9. The summed E-state index contributed by atoms with van der Waals surface area (Å²) >= 11 is 0. The van der Waals surface area contributed by atoms with E-state index in [1.54, 1.807) is 25.5 Å². The van der Waals surface area contributed by atoms with Crippen LogP contribution < -0.4 is 10.6 Å². The Morgan fingerprint density at radius 3 is 2.67 bits per heavy atom. The van der Waals surface area contributed by atoms with Gasteiger partial charge < -0.3 is 10.6 Å². The molecule has 18 heavy (non-hydrogen) atoms. The smallest absolute Gasteiger partial charge is 0.275 e. The molecule has 0 bridgehead atoms. The third kappa shape index (κ3) is 2.60. The Morgan fingerprint density at radius 1 is 1.22 bits per heavy atom. The average molecular weight is 243 g/mol. The fourth-order valence-corrected chi connectivity index (χ4v) is 1.37. The van der Waals surface area contributed by atoms with Gasteiger partial charge in [-0.2, -0.15) is 0 Å². The molecular formula is C12H13N5O. The van der Waals surface area contributed by atoms with Crippen molar-refractivity contribution >= 4 is 17.4 Å². The van der Waals surface area contributed by atoms with Crippen molar-refractivity contribution in [2.24, 2.45) is 0 Å². The van der Waals surface area contributed by atoms with E-state index < -0.39 is 0 Å². The summed E-state index contributed by atoms with van der Waals surface area (Å²) in [5, 5.41) is 5.60. The number of anilines is 2. The predicted molar refractivity (Wildman–Crippen MR) is 68.5 cm³/mol. The van der Waals surface area contributed by atoms with E-state index in [4.69, 9.17) is 0 Å². The highest BCUT2D eigenvalue weighted by Crippen LogP contribution is 2.12. The van der Waals surface area contributed by atoms with E-state index in [1.807, 2.05) is 6.92 Å². The van der Waals surface area contributed by atoms with Gasteiger partial charge in [0.25, 0.3) is 5.91 Å². The van der Waals surface area contributed by atoms with Crippen LogP contribution in [0.2, 0.25) is 0 Å². The average Bonchev–Trinajstić information content (AvgIpc) is 2.41. The number of hydrogen-bond donors (Lipinski definition) is 2. The highest BCUT2D eigenvalue weighted by Gasteiger charge is 2.09. The zero-order valence-corrected chi connectivity index (χ0v) is 10.1. The molecule has 0 aliphatic heterocycles. The van der Waals surface area contributed by atoms with Crippen molar-refractivity contribution in [3.63, 3.8) is 0 Å². The van der Waals surface area contributed by atoms with Crippen LogP contribution in [-0.2, 0) is 0 Å². The molecule has 2 aromatic heterocycles. The van der Waals surface area contributed by atoms with Crippen LogP contribution in [0.4, 0.5) is 11.5 Å². The molecule has 0 spiro atoms. The molecule has 0 saturated carbocycles. The molecule has 2 rings (SSSR count). The molecule has 0 unspecified atom stereocenters. The normalized spacial score (nSPS) is 9.89. The summed E-state index contributed by atoms with van der Waals surface area (Å²) in [6.07, 6.45) is 6.25. The SMILES string of the molecule is CNc1cnc(C(=O)Nc2ccncc2C)cn1. The highest BCUT2D eigenvalue weighted by molar-refractivity contribution is 6.03. The van der Waals surface area contributed by atoms with Crippen molar-refractivity contribution in [1.82, 2.24) is 15.0 Å². The van der Waals surface area contributed by atoms with Crippen LogP contribution in [0, 0.1) is 6.92 Å². The van der Waals surface area contributed by atoms with Crippen molar-refractivity contribution in [2.75, 3.05) is 17.7 Å². The van der Waals surface area contributed by atoms with Gasteiger partial charge in [0.15, 0.2) is 0 Å². The van der Waals surface area contributed by atoms with Crippen LogP contribution in [0.5, 0.6) is 0 Å². The van der Waals surface area contributed by atoms with Crippen LogP contribution in [0.3, 0.4) is 0 Å². The van der Waals surface area contributed by atoms with Gasteiger partial charge in [0.1, 0.15) is 11.5 Å². The fraction of sp³-hybridized carbons (Fsp3) is 0.167. The number of nitrogens with one attached hydrogen (secondary N) is 2. The number of carbonyl (C=O) groups excluding carboxylic acids is 1. The van der Waals surface area contributed by atoms with Gasteiger partial charge in [0.05, 0.1) is 12.4 Å². The first kappa shape index (κ1) is 12.0. The summed E-state index contributed by atoms with van der Waals surface area (Å²) in [6.45, 7) is 1.87. The fourth-order valence-electron chi connectivity index (χ4n) is 1.37. The number of aromatic nitrogens is 3. The Balaban J connectivity index is 2.14. The number of aryl methyl sites for hydroxylation is 1. The molecule has 0 aliphatic carbocycles. The minimum absolute atomic E-state index is 0.269. The van der Waals surface area contributed by atoms with Crippen LogP contribution in [0.15, 0.2) is 30.9 Å². The molecule has 1 amide bonds. The third-order valence-corrected chi connectivity index (χ3v) is 2.41. The van der Waals surface area contributed by atoms with Gasteiger partial charge in [0, 0.05) is 25.1 Å². The molecule has 92 valence electrons. The molecule has 0 saturated heterocycles. The predicted octanol–water partition coefficient (Wildman–Crippen LogP) is 1.47. The summed E-state index contributed by atoms with van der Waals surface area (Å²) in [5.41, 5.74) is 1.88. The van der Waals surface area contributed by atoms with E-state index >= 15 is 0 Å². The Labute approximate surface area is 105 Å². The molecule has 0 fully saturated rings. The Kier molecular flexibility index (Phi) is 3.47. The number of amides is 1. The lowest BCUT2D eigenvalue weighted by Gasteiger charge is -2.07. The molecule has 0 aliphatic rings. The van der Waals surface area contributed by atoms with E-state index in [2.05, 4.69) is 25.6 Å². The maximum atomic E-state index is 11.9. The van der Waals surface area contributed by atoms with E-state index in [-0.39, 0.29) is 11.6 Å². The Hall–Kier alpha value is -2.50. The van der Waals surface area contributed by atoms with Crippen molar-refractivity contribution in [3.05, 3.63) is 42.1 Å². The Morgan fingerprint density at radius 2 is 2.06 bits per heavy atom. The first-order valence-corrected chi connectivity index (χ1v) is 5.42. The minimum atomic E-state index is -0.292. The molecule has 0 atom stereocenters. The van der Waals surface area contributed by atoms with Crippen molar-refractivity contribution in [1.29, 1.82) is 0 Å².